The Kier molecular flexibility index (Phi) is 6.48. The van der Waals surface area contributed by atoms with Gasteiger partial charge in [-0.05, 0) is 70.0 Å². The number of nitrogens with one attached hydrogen (secondary N) is 1. The highest BCUT2D eigenvalue weighted by Gasteiger charge is 2.05. The third kappa shape index (κ3) is 5.75. The third-order valence-corrected chi connectivity index (χ3v) is 3.81. The first kappa shape index (κ1) is 19.2. The van der Waals surface area contributed by atoms with Crippen LogP contribution in [0, 0.1) is 0 Å². The number of hydrazone groups is 1. The highest BCUT2D eigenvalue weighted by atomic mass is 79.9. The quantitative estimate of drug-likeness (QED) is 0.207. The Morgan fingerprint density at radius 3 is 2.71 bits per heavy atom. The van der Waals surface area contributed by atoms with Gasteiger partial charge in [0.2, 0.25) is 0 Å². The van der Waals surface area contributed by atoms with E-state index in [-0.39, 0.29) is 5.91 Å². The van der Waals surface area contributed by atoms with E-state index in [1.807, 2.05) is 0 Å². The fraction of sp³-hybridized carbons (Fsp3) is 0. The van der Waals surface area contributed by atoms with Gasteiger partial charge in [0.1, 0.15) is 11.5 Å². The number of amides is 1. The number of furan rings is 1. The summed E-state index contributed by atoms with van der Waals surface area (Å²) in [5.74, 6) is 0.0475. The number of nitrogens with zero attached hydrogens (tertiary/aromatic N) is 2. The van der Waals surface area contributed by atoms with Crippen molar-refractivity contribution in [2.24, 2.45) is 5.10 Å². The van der Waals surface area contributed by atoms with Crippen molar-refractivity contribution in [3.63, 3.8) is 0 Å². The van der Waals surface area contributed by atoms with Crippen molar-refractivity contribution in [2.45, 2.75) is 0 Å². The molecule has 0 aliphatic rings. The molecule has 8 heteroatoms. The van der Waals surface area contributed by atoms with Gasteiger partial charge in [-0.3, -0.25) is 9.78 Å². The van der Waals surface area contributed by atoms with Crippen molar-refractivity contribution in [3.05, 3.63) is 88.6 Å². The topological polar surface area (TPSA) is 93.8 Å². The van der Waals surface area contributed by atoms with Gasteiger partial charge >= 0.3 is 5.97 Å². The highest BCUT2D eigenvalue weighted by molar-refractivity contribution is 9.10. The minimum Gasteiger partial charge on any atom is -0.465 e. The SMILES string of the molecule is O=C(/C=C\c1ccco1)Oc1ccc(/C=N/NC(=O)c2cncc(Br)c2)cc1. The van der Waals surface area contributed by atoms with Crippen LogP contribution in [0.1, 0.15) is 21.7 Å². The molecule has 3 rings (SSSR count). The van der Waals surface area contributed by atoms with Crippen LogP contribution in [0.5, 0.6) is 5.75 Å². The predicted molar refractivity (Wildman–Crippen MR) is 107 cm³/mol. The largest absolute Gasteiger partial charge is 0.465 e. The molecule has 7 nitrogen and oxygen atoms in total. The number of ether oxygens (including phenoxy) is 1. The van der Waals surface area contributed by atoms with E-state index in [0.717, 1.165) is 5.56 Å². The number of benzene rings is 1. The number of aromatic nitrogens is 1. The van der Waals surface area contributed by atoms with Crippen molar-refractivity contribution >= 4 is 40.1 Å². The molecule has 2 heterocycles. The Bertz CT molecular complexity index is 1010. The molecule has 1 amide bonds. The first-order valence-corrected chi connectivity index (χ1v) is 8.87. The number of rotatable bonds is 6. The van der Waals surface area contributed by atoms with Crippen LogP contribution in [-0.2, 0) is 4.79 Å². The number of carbonyl (C=O) groups is 2. The maximum atomic E-state index is 12.0. The van der Waals surface area contributed by atoms with Crippen molar-refractivity contribution < 1.29 is 18.7 Å². The van der Waals surface area contributed by atoms with E-state index in [2.05, 4.69) is 31.4 Å². The third-order valence-electron chi connectivity index (χ3n) is 3.37. The van der Waals surface area contributed by atoms with Gasteiger partial charge in [0.05, 0.1) is 18.0 Å². The van der Waals surface area contributed by atoms with Crippen LogP contribution in [0.3, 0.4) is 0 Å². The second kappa shape index (κ2) is 9.43. The molecule has 0 aliphatic carbocycles. The van der Waals surface area contributed by atoms with Gasteiger partial charge in [-0.2, -0.15) is 5.10 Å². The van der Waals surface area contributed by atoms with E-state index in [9.17, 15) is 9.59 Å². The molecule has 1 aromatic carbocycles. The summed E-state index contributed by atoms with van der Waals surface area (Å²) >= 11 is 3.25. The van der Waals surface area contributed by atoms with E-state index >= 15 is 0 Å². The van der Waals surface area contributed by atoms with Gasteiger partial charge in [-0.15, -0.1) is 0 Å². The van der Waals surface area contributed by atoms with Crippen LogP contribution in [0.25, 0.3) is 6.08 Å². The number of pyridine rings is 1. The average molecular weight is 440 g/mol. The van der Waals surface area contributed by atoms with Crippen LogP contribution in [0.4, 0.5) is 0 Å². The lowest BCUT2D eigenvalue weighted by molar-refractivity contribution is -0.128. The van der Waals surface area contributed by atoms with Crippen LogP contribution in [0.15, 0.2) is 81.2 Å². The number of hydrogen-bond acceptors (Lipinski definition) is 6. The standard InChI is InChI=1S/C20H14BrN3O4/c21-16-10-15(12-22-13-16)20(26)24-23-11-14-3-5-18(6-4-14)28-19(25)8-7-17-2-1-9-27-17/h1-13H,(H,24,26)/b8-7-,23-11+. The number of carbonyl (C=O) groups excluding carboxylic acids is 2. The summed E-state index contributed by atoms with van der Waals surface area (Å²) < 4.78 is 11.0. The van der Waals surface area contributed by atoms with Gasteiger partial charge in [0.25, 0.3) is 5.91 Å². The summed E-state index contributed by atoms with van der Waals surface area (Å²) in [6, 6.07) is 11.7. The van der Waals surface area contributed by atoms with Crippen LogP contribution in [0.2, 0.25) is 0 Å². The minimum atomic E-state index is -0.521. The maximum Gasteiger partial charge on any atom is 0.336 e. The normalized spacial score (nSPS) is 11.0. The molecule has 0 unspecified atom stereocenters. The first-order valence-electron chi connectivity index (χ1n) is 8.07. The van der Waals surface area contributed by atoms with Gasteiger partial charge in [0, 0.05) is 22.9 Å². The average Bonchev–Trinajstić information content (AvgIpc) is 3.21. The Morgan fingerprint density at radius 2 is 2.00 bits per heavy atom. The lowest BCUT2D eigenvalue weighted by atomic mass is 10.2. The van der Waals surface area contributed by atoms with Crippen LogP contribution in [-0.4, -0.2) is 23.1 Å². The summed E-state index contributed by atoms with van der Waals surface area (Å²) in [6.07, 6.45) is 8.82. The summed E-state index contributed by atoms with van der Waals surface area (Å²) in [5.41, 5.74) is 3.52. The number of hydrogen-bond donors (Lipinski definition) is 1. The van der Waals surface area contributed by atoms with Crippen LogP contribution < -0.4 is 10.2 Å². The summed E-state index contributed by atoms with van der Waals surface area (Å²) in [4.78, 5) is 27.6. The van der Waals surface area contributed by atoms with E-state index in [0.29, 0.717) is 21.5 Å². The van der Waals surface area contributed by atoms with Gasteiger partial charge in [0.15, 0.2) is 0 Å². The lowest BCUT2D eigenvalue weighted by Gasteiger charge is -2.02. The van der Waals surface area contributed by atoms with Gasteiger partial charge in [-0.1, -0.05) is 0 Å². The van der Waals surface area contributed by atoms with E-state index < -0.39 is 5.97 Å². The fourth-order valence-corrected chi connectivity index (χ4v) is 2.44. The van der Waals surface area contributed by atoms with Gasteiger partial charge < -0.3 is 9.15 Å². The maximum absolute atomic E-state index is 12.0. The smallest absolute Gasteiger partial charge is 0.336 e. The molecule has 0 saturated carbocycles. The molecule has 0 radical (unpaired) electrons. The second-order valence-corrected chi connectivity index (χ2v) is 6.35. The Hall–Kier alpha value is -3.52. The Labute approximate surface area is 168 Å². The molecule has 140 valence electrons. The molecular formula is C20H14BrN3O4. The summed E-state index contributed by atoms with van der Waals surface area (Å²) in [6.45, 7) is 0. The summed E-state index contributed by atoms with van der Waals surface area (Å²) in [7, 11) is 0. The molecule has 3 aromatic rings. The molecule has 0 spiro atoms. The zero-order valence-electron chi connectivity index (χ0n) is 14.4. The molecule has 2 aromatic heterocycles. The predicted octanol–water partition coefficient (Wildman–Crippen LogP) is 3.82. The van der Waals surface area contributed by atoms with Gasteiger partial charge in [-0.25, -0.2) is 10.2 Å². The van der Waals surface area contributed by atoms with E-state index in [4.69, 9.17) is 9.15 Å². The lowest BCUT2D eigenvalue weighted by Crippen LogP contribution is -2.17. The first-order chi connectivity index (χ1) is 13.6. The molecule has 28 heavy (non-hydrogen) atoms. The Balaban J connectivity index is 1.51. The number of halogens is 1. The zero-order chi connectivity index (χ0) is 19.8. The van der Waals surface area contributed by atoms with Crippen LogP contribution >= 0.6 is 15.9 Å². The Morgan fingerprint density at radius 1 is 1.18 bits per heavy atom. The number of esters is 1. The molecule has 0 fully saturated rings. The molecule has 1 N–H and O–H groups in total. The van der Waals surface area contributed by atoms with E-state index in [1.165, 1.54) is 30.8 Å². The van der Waals surface area contributed by atoms with Crippen molar-refractivity contribution in [1.82, 2.24) is 10.4 Å². The molecular weight excluding hydrogens is 426 g/mol. The monoisotopic (exact) mass is 439 g/mol. The van der Waals surface area contributed by atoms with E-state index in [1.54, 1.807) is 48.7 Å². The van der Waals surface area contributed by atoms with Crippen molar-refractivity contribution in [3.8, 4) is 5.75 Å². The van der Waals surface area contributed by atoms with Crippen molar-refractivity contribution in [1.29, 1.82) is 0 Å². The zero-order valence-corrected chi connectivity index (χ0v) is 16.0. The molecule has 0 saturated heterocycles. The molecule has 0 bridgehead atoms. The minimum absolute atomic E-state index is 0.376. The second-order valence-electron chi connectivity index (χ2n) is 5.43. The van der Waals surface area contributed by atoms with Crippen molar-refractivity contribution in [2.75, 3.05) is 0 Å². The fourth-order valence-electron chi connectivity index (χ4n) is 2.07. The molecule has 0 aliphatic heterocycles. The summed E-state index contributed by atoms with van der Waals surface area (Å²) in [5, 5.41) is 3.90. The molecule has 0 atom stereocenters. The highest BCUT2D eigenvalue weighted by Crippen LogP contribution is 2.12.